The number of hydrogen-bond acceptors (Lipinski definition) is 0. The maximum absolute atomic E-state index is 2.27. The van der Waals surface area contributed by atoms with Crippen molar-refractivity contribution in [3.05, 3.63) is 23.8 Å². The zero-order valence-corrected chi connectivity index (χ0v) is 11.4. The van der Waals surface area contributed by atoms with E-state index in [1.807, 2.05) is 0 Å². The SMILES string of the molecule is CC=C(/C=C\[CH]=[W])CC(C)(C)C. The van der Waals surface area contributed by atoms with Crippen LogP contribution in [-0.4, -0.2) is 4.40 Å². The molecule has 0 aromatic heterocycles. The van der Waals surface area contributed by atoms with Crippen LogP contribution in [0.5, 0.6) is 0 Å². The van der Waals surface area contributed by atoms with Crippen LogP contribution in [0.1, 0.15) is 34.1 Å². The van der Waals surface area contributed by atoms with E-state index in [1.165, 1.54) is 24.9 Å². The fraction of sp³-hybridized carbons (Fsp3) is 0.545. The Morgan fingerprint density at radius 2 is 1.92 bits per heavy atom. The standard InChI is InChI=1S/C11H18.W/c1-6-8-10(7-2)9-11(3,4)5;/h1,6-8H,9H2,2-5H3;/b8-6-,10-7?;. The summed E-state index contributed by atoms with van der Waals surface area (Å²) in [6, 6.07) is 0. The van der Waals surface area contributed by atoms with Crippen molar-refractivity contribution in [1.29, 1.82) is 0 Å². The van der Waals surface area contributed by atoms with Gasteiger partial charge in [-0.25, -0.2) is 0 Å². The van der Waals surface area contributed by atoms with Crippen LogP contribution in [-0.2, 0) is 19.4 Å². The van der Waals surface area contributed by atoms with E-state index in [0.29, 0.717) is 5.41 Å². The molecule has 0 aromatic carbocycles. The van der Waals surface area contributed by atoms with E-state index in [0.717, 1.165) is 6.42 Å². The molecular formula is C11H18W. The Hall–Kier alpha value is 0.0383. The maximum atomic E-state index is 2.27. The van der Waals surface area contributed by atoms with Crippen molar-refractivity contribution in [2.45, 2.75) is 34.1 Å². The van der Waals surface area contributed by atoms with Crippen molar-refractivity contribution in [2.75, 3.05) is 0 Å². The van der Waals surface area contributed by atoms with Crippen LogP contribution in [0.2, 0.25) is 0 Å². The number of rotatable bonds is 3. The summed E-state index contributed by atoms with van der Waals surface area (Å²) in [5, 5.41) is 0. The molecular weight excluding hydrogens is 316 g/mol. The molecule has 0 aliphatic rings. The second-order valence-corrected chi connectivity index (χ2v) is 5.07. The average Bonchev–Trinajstić information content (AvgIpc) is 1.95. The van der Waals surface area contributed by atoms with Gasteiger partial charge in [0.1, 0.15) is 0 Å². The van der Waals surface area contributed by atoms with Crippen molar-refractivity contribution in [1.82, 2.24) is 0 Å². The zero-order valence-electron chi connectivity index (χ0n) is 8.42. The molecule has 0 rings (SSSR count). The van der Waals surface area contributed by atoms with Gasteiger partial charge in [-0.05, 0) is 0 Å². The normalized spacial score (nSPS) is 13.8. The molecule has 12 heavy (non-hydrogen) atoms. The molecule has 0 radical (unpaired) electrons. The minimum atomic E-state index is 0.396. The first kappa shape index (κ1) is 12.0. The van der Waals surface area contributed by atoms with Gasteiger partial charge in [-0.15, -0.1) is 0 Å². The molecule has 68 valence electrons. The van der Waals surface area contributed by atoms with E-state index in [9.17, 15) is 0 Å². The van der Waals surface area contributed by atoms with Crippen LogP contribution in [0, 0.1) is 5.41 Å². The van der Waals surface area contributed by atoms with Gasteiger partial charge in [0.25, 0.3) is 0 Å². The van der Waals surface area contributed by atoms with Gasteiger partial charge in [0.15, 0.2) is 0 Å². The first-order valence-corrected chi connectivity index (χ1v) is 5.96. The summed E-state index contributed by atoms with van der Waals surface area (Å²) in [6.45, 7) is 8.91. The fourth-order valence-corrected chi connectivity index (χ4v) is 1.31. The summed E-state index contributed by atoms with van der Waals surface area (Å²) in [5.74, 6) is 0. The molecule has 0 aliphatic carbocycles. The van der Waals surface area contributed by atoms with Gasteiger partial charge in [-0.2, -0.15) is 0 Å². The van der Waals surface area contributed by atoms with Gasteiger partial charge in [0.2, 0.25) is 0 Å². The quantitative estimate of drug-likeness (QED) is 0.695. The fourth-order valence-electron chi connectivity index (χ4n) is 1.03. The average molecular weight is 334 g/mol. The summed E-state index contributed by atoms with van der Waals surface area (Å²) in [5.41, 5.74) is 1.83. The van der Waals surface area contributed by atoms with E-state index >= 15 is 0 Å². The summed E-state index contributed by atoms with van der Waals surface area (Å²) >= 11 is 1.51. The van der Waals surface area contributed by atoms with Crippen molar-refractivity contribution >= 4 is 4.40 Å². The molecule has 0 N–H and O–H groups in total. The molecule has 0 aliphatic heterocycles. The van der Waals surface area contributed by atoms with Crippen molar-refractivity contribution in [2.24, 2.45) is 5.41 Å². The van der Waals surface area contributed by atoms with Gasteiger partial charge in [-0.3, -0.25) is 0 Å². The molecule has 0 saturated heterocycles. The van der Waals surface area contributed by atoms with E-state index in [4.69, 9.17) is 0 Å². The summed E-state index contributed by atoms with van der Waals surface area (Å²) in [4.78, 5) is 0. The van der Waals surface area contributed by atoms with E-state index in [-0.39, 0.29) is 0 Å². The van der Waals surface area contributed by atoms with Crippen LogP contribution in [0.4, 0.5) is 0 Å². The summed E-state index contributed by atoms with van der Waals surface area (Å²) in [7, 11) is 0. The topological polar surface area (TPSA) is 0 Å². The molecule has 0 unspecified atom stereocenters. The Labute approximate surface area is 87.2 Å². The zero-order chi connectivity index (χ0) is 9.61. The van der Waals surface area contributed by atoms with Gasteiger partial charge >= 0.3 is 87.1 Å². The summed E-state index contributed by atoms with van der Waals surface area (Å²) in [6.07, 6.45) is 7.69. The first-order chi connectivity index (χ1) is 5.49. The Morgan fingerprint density at radius 3 is 2.25 bits per heavy atom. The van der Waals surface area contributed by atoms with E-state index in [2.05, 4.69) is 50.3 Å². The van der Waals surface area contributed by atoms with Crippen LogP contribution < -0.4 is 0 Å². The molecule has 0 aromatic rings. The minimum absolute atomic E-state index is 0.396. The number of hydrogen-bond donors (Lipinski definition) is 0. The Morgan fingerprint density at radius 1 is 1.33 bits per heavy atom. The first-order valence-electron chi connectivity index (χ1n) is 4.26. The predicted molar refractivity (Wildman–Crippen MR) is 53.0 cm³/mol. The third kappa shape index (κ3) is 6.73. The third-order valence-corrected chi connectivity index (χ3v) is 2.06. The predicted octanol–water partition coefficient (Wildman–Crippen LogP) is 3.27. The Balaban J connectivity index is 4.21. The molecule has 0 heterocycles. The Bertz CT molecular complexity index is 192. The molecule has 0 nitrogen and oxygen atoms in total. The van der Waals surface area contributed by atoms with Crippen molar-refractivity contribution < 1.29 is 19.4 Å². The van der Waals surface area contributed by atoms with Crippen molar-refractivity contribution in [3.8, 4) is 0 Å². The summed E-state index contributed by atoms with van der Waals surface area (Å²) < 4.78 is 2.14. The van der Waals surface area contributed by atoms with Crippen LogP contribution in [0.15, 0.2) is 23.8 Å². The molecule has 1 heteroatoms. The molecule has 0 bridgehead atoms. The third-order valence-electron chi connectivity index (χ3n) is 1.49. The number of allylic oxidation sites excluding steroid dienone is 4. The van der Waals surface area contributed by atoms with Gasteiger partial charge in [-0.1, -0.05) is 0 Å². The Kier molecular flexibility index (Phi) is 5.66. The molecule has 0 atom stereocenters. The molecule has 0 fully saturated rings. The van der Waals surface area contributed by atoms with Gasteiger partial charge in [0, 0.05) is 0 Å². The van der Waals surface area contributed by atoms with E-state index in [1.54, 1.807) is 0 Å². The van der Waals surface area contributed by atoms with Crippen LogP contribution in [0.25, 0.3) is 0 Å². The van der Waals surface area contributed by atoms with Gasteiger partial charge in [0.05, 0.1) is 0 Å². The van der Waals surface area contributed by atoms with Crippen molar-refractivity contribution in [3.63, 3.8) is 0 Å². The second kappa shape index (κ2) is 5.64. The monoisotopic (exact) mass is 334 g/mol. The van der Waals surface area contributed by atoms with Crippen LogP contribution >= 0.6 is 0 Å². The molecule has 0 spiro atoms. The van der Waals surface area contributed by atoms with E-state index < -0.39 is 0 Å². The van der Waals surface area contributed by atoms with Gasteiger partial charge < -0.3 is 0 Å². The molecule has 0 amide bonds. The second-order valence-electron chi connectivity index (χ2n) is 4.10. The van der Waals surface area contributed by atoms with Crippen LogP contribution in [0.3, 0.4) is 0 Å². The molecule has 0 saturated carbocycles.